The molecule has 0 saturated carbocycles. The fourth-order valence-corrected chi connectivity index (χ4v) is 2.57. The summed E-state index contributed by atoms with van der Waals surface area (Å²) in [5.41, 5.74) is 6.00. The van der Waals surface area contributed by atoms with Gasteiger partial charge in [0.15, 0.2) is 5.82 Å². The van der Waals surface area contributed by atoms with Gasteiger partial charge in [0.2, 0.25) is 5.95 Å². The number of H-pyrrole nitrogens is 1. The summed E-state index contributed by atoms with van der Waals surface area (Å²) in [6.07, 6.45) is 0. The molecule has 2 heterocycles. The number of anilines is 1. The standard InChI is InChI=1S/C8H7BrN4OS/c1-3-2-4(15-5(3)9)6-11-7(10)13-8(14)12-6/h2H,1H3,(H3,10,11,12,13,14). The molecule has 2 aromatic rings. The lowest BCUT2D eigenvalue weighted by Gasteiger charge is -1.95. The fourth-order valence-electron chi connectivity index (χ4n) is 1.09. The number of aryl methyl sites for hydroxylation is 1. The van der Waals surface area contributed by atoms with E-state index in [0.717, 1.165) is 14.2 Å². The Balaban J connectivity index is 2.58. The summed E-state index contributed by atoms with van der Waals surface area (Å²) in [7, 11) is 0. The van der Waals surface area contributed by atoms with E-state index in [1.807, 2.05) is 13.0 Å². The summed E-state index contributed by atoms with van der Waals surface area (Å²) in [4.78, 5) is 21.9. The molecule has 0 aromatic carbocycles. The van der Waals surface area contributed by atoms with Crippen molar-refractivity contribution in [3.8, 4) is 10.7 Å². The average Bonchev–Trinajstić information content (AvgIpc) is 2.45. The van der Waals surface area contributed by atoms with Gasteiger partial charge in [-0.1, -0.05) is 0 Å². The zero-order chi connectivity index (χ0) is 11.0. The van der Waals surface area contributed by atoms with Crippen molar-refractivity contribution in [1.29, 1.82) is 0 Å². The van der Waals surface area contributed by atoms with Crippen molar-refractivity contribution in [1.82, 2.24) is 15.0 Å². The Morgan fingerprint density at radius 1 is 1.53 bits per heavy atom. The second-order valence-electron chi connectivity index (χ2n) is 2.93. The van der Waals surface area contributed by atoms with Gasteiger partial charge in [0.1, 0.15) is 0 Å². The molecule has 0 spiro atoms. The van der Waals surface area contributed by atoms with Gasteiger partial charge in [-0.2, -0.15) is 9.97 Å². The Hall–Kier alpha value is -1.21. The molecule has 0 fully saturated rings. The van der Waals surface area contributed by atoms with Crippen LogP contribution in [0.1, 0.15) is 5.56 Å². The van der Waals surface area contributed by atoms with Gasteiger partial charge in [-0.05, 0) is 34.5 Å². The molecule has 7 heteroatoms. The maximum atomic E-state index is 11.1. The van der Waals surface area contributed by atoms with Crippen molar-refractivity contribution in [2.75, 3.05) is 5.73 Å². The van der Waals surface area contributed by atoms with Gasteiger partial charge in [0.05, 0.1) is 8.66 Å². The number of halogens is 1. The van der Waals surface area contributed by atoms with Gasteiger partial charge in [0.25, 0.3) is 0 Å². The molecule has 0 atom stereocenters. The Morgan fingerprint density at radius 2 is 2.27 bits per heavy atom. The topological polar surface area (TPSA) is 84.7 Å². The van der Waals surface area contributed by atoms with E-state index in [1.165, 1.54) is 11.3 Å². The highest BCUT2D eigenvalue weighted by Gasteiger charge is 2.08. The maximum Gasteiger partial charge on any atom is 0.349 e. The van der Waals surface area contributed by atoms with Crippen LogP contribution in [-0.4, -0.2) is 15.0 Å². The number of hydrogen-bond donors (Lipinski definition) is 2. The van der Waals surface area contributed by atoms with Gasteiger partial charge in [-0.25, -0.2) is 4.79 Å². The molecule has 5 nitrogen and oxygen atoms in total. The number of thiophene rings is 1. The Labute approximate surface area is 97.5 Å². The van der Waals surface area contributed by atoms with Crippen LogP contribution in [0.5, 0.6) is 0 Å². The summed E-state index contributed by atoms with van der Waals surface area (Å²) >= 11 is 4.89. The molecular formula is C8H7BrN4OS. The summed E-state index contributed by atoms with van der Waals surface area (Å²) < 4.78 is 1.01. The van der Waals surface area contributed by atoms with Gasteiger partial charge in [-0.15, -0.1) is 11.3 Å². The van der Waals surface area contributed by atoms with Crippen molar-refractivity contribution in [2.24, 2.45) is 0 Å². The second-order valence-corrected chi connectivity index (χ2v) is 5.30. The molecule has 78 valence electrons. The van der Waals surface area contributed by atoms with E-state index in [9.17, 15) is 4.79 Å². The molecular weight excluding hydrogens is 280 g/mol. The third-order valence-electron chi connectivity index (χ3n) is 1.76. The first-order valence-corrected chi connectivity index (χ1v) is 5.67. The third-order valence-corrected chi connectivity index (χ3v) is 3.90. The van der Waals surface area contributed by atoms with Crippen LogP contribution >= 0.6 is 27.3 Å². The minimum Gasteiger partial charge on any atom is -0.368 e. The van der Waals surface area contributed by atoms with Gasteiger partial charge in [0, 0.05) is 0 Å². The second kappa shape index (κ2) is 3.74. The highest BCUT2D eigenvalue weighted by molar-refractivity contribution is 9.11. The van der Waals surface area contributed by atoms with Crippen molar-refractivity contribution < 1.29 is 0 Å². The first-order chi connectivity index (χ1) is 7.06. The highest BCUT2D eigenvalue weighted by Crippen LogP contribution is 2.32. The Morgan fingerprint density at radius 3 is 2.80 bits per heavy atom. The largest absolute Gasteiger partial charge is 0.368 e. The lowest BCUT2D eigenvalue weighted by molar-refractivity contribution is 1.01. The number of hydrogen-bond acceptors (Lipinski definition) is 5. The smallest absolute Gasteiger partial charge is 0.349 e. The van der Waals surface area contributed by atoms with E-state index < -0.39 is 5.69 Å². The van der Waals surface area contributed by atoms with Crippen molar-refractivity contribution >= 4 is 33.2 Å². The number of aromatic nitrogens is 3. The molecule has 2 rings (SSSR count). The molecule has 0 amide bonds. The third kappa shape index (κ3) is 2.07. The normalized spacial score (nSPS) is 10.5. The van der Waals surface area contributed by atoms with Gasteiger partial charge in [-0.3, -0.25) is 4.98 Å². The van der Waals surface area contributed by atoms with Crippen LogP contribution in [0.2, 0.25) is 0 Å². The zero-order valence-electron chi connectivity index (χ0n) is 7.74. The molecule has 0 bridgehead atoms. The molecule has 0 aliphatic carbocycles. The molecule has 2 aromatic heterocycles. The fraction of sp³-hybridized carbons (Fsp3) is 0.125. The molecule has 0 aliphatic heterocycles. The monoisotopic (exact) mass is 286 g/mol. The quantitative estimate of drug-likeness (QED) is 0.833. The van der Waals surface area contributed by atoms with Gasteiger partial charge >= 0.3 is 5.69 Å². The summed E-state index contributed by atoms with van der Waals surface area (Å²) in [5, 5.41) is 0. The Bertz CT molecular complexity index is 543. The van der Waals surface area contributed by atoms with Crippen molar-refractivity contribution in [2.45, 2.75) is 6.92 Å². The Kier molecular flexibility index (Phi) is 2.57. The van der Waals surface area contributed by atoms with Crippen LogP contribution in [0.25, 0.3) is 10.7 Å². The number of nitrogens with one attached hydrogen (secondary N) is 1. The SMILES string of the molecule is Cc1cc(-c2nc(N)nc(=O)[nH]2)sc1Br. The summed E-state index contributed by atoms with van der Waals surface area (Å²) in [5.74, 6) is 0.433. The molecule has 0 saturated heterocycles. The molecule has 3 N–H and O–H groups in total. The summed E-state index contributed by atoms with van der Waals surface area (Å²) in [6, 6.07) is 1.92. The lowest BCUT2D eigenvalue weighted by atomic mass is 10.3. The number of nitrogen functional groups attached to an aromatic ring is 1. The summed E-state index contributed by atoms with van der Waals surface area (Å²) in [6.45, 7) is 1.97. The van der Waals surface area contributed by atoms with E-state index in [1.54, 1.807) is 0 Å². The zero-order valence-corrected chi connectivity index (χ0v) is 10.1. The first-order valence-electron chi connectivity index (χ1n) is 4.06. The van der Waals surface area contributed by atoms with E-state index in [-0.39, 0.29) is 5.95 Å². The number of rotatable bonds is 1. The maximum absolute atomic E-state index is 11.1. The minimum absolute atomic E-state index is 0.0177. The van der Waals surface area contributed by atoms with Crippen LogP contribution in [0.15, 0.2) is 14.6 Å². The lowest BCUT2D eigenvalue weighted by Crippen LogP contribution is -2.15. The number of aromatic amines is 1. The van der Waals surface area contributed by atoms with Crippen molar-refractivity contribution in [3.63, 3.8) is 0 Å². The molecule has 0 unspecified atom stereocenters. The van der Waals surface area contributed by atoms with Crippen LogP contribution in [0.3, 0.4) is 0 Å². The predicted octanol–water partition coefficient (Wildman–Crippen LogP) is 1.55. The van der Waals surface area contributed by atoms with Crippen LogP contribution in [-0.2, 0) is 0 Å². The van der Waals surface area contributed by atoms with E-state index >= 15 is 0 Å². The highest BCUT2D eigenvalue weighted by atomic mass is 79.9. The van der Waals surface area contributed by atoms with E-state index in [2.05, 4.69) is 30.9 Å². The number of nitrogens with zero attached hydrogens (tertiary/aromatic N) is 2. The molecule has 0 aliphatic rings. The molecule has 15 heavy (non-hydrogen) atoms. The van der Waals surface area contributed by atoms with Gasteiger partial charge < -0.3 is 5.73 Å². The average molecular weight is 287 g/mol. The van der Waals surface area contributed by atoms with Crippen LogP contribution < -0.4 is 11.4 Å². The van der Waals surface area contributed by atoms with E-state index in [4.69, 9.17) is 5.73 Å². The minimum atomic E-state index is -0.486. The van der Waals surface area contributed by atoms with Crippen LogP contribution in [0, 0.1) is 6.92 Å². The predicted molar refractivity (Wildman–Crippen MR) is 62.8 cm³/mol. The van der Waals surface area contributed by atoms with E-state index in [0.29, 0.717) is 5.82 Å². The first kappa shape index (κ1) is 10.3. The molecule has 0 radical (unpaired) electrons. The van der Waals surface area contributed by atoms with Crippen LogP contribution in [0.4, 0.5) is 5.95 Å². The number of nitrogens with two attached hydrogens (primary N) is 1. The van der Waals surface area contributed by atoms with Crippen molar-refractivity contribution in [3.05, 3.63) is 25.9 Å².